The summed E-state index contributed by atoms with van der Waals surface area (Å²) in [5.41, 5.74) is 1.33. The topological polar surface area (TPSA) is 56.3 Å². The second-order valence-corrected chi connectivity index (χ2v) is 6.88. The Hall–Kier alpha value is -2.12. The first kappa shape index (κ1) is 19.6. The SMILES string of the molecule is CCCOc1cc2ncnc(Nc3ccc(F)c(Cl)c3)c2cc1OCCBr. The fourth-order valence-electron chi connectivity index (χ4n) is 2.46. The Kier molecular flexibility index (Phi) is 6.68. The largest absolute Gasteiger partial charge is 0.490 e. The first-order valence-corrected chi connectivity index (χ1v) is 9.94. The molecule has 0 radical (unpaired) electrons. The number of halogens is 3. The molecule has 0 bridgehead atoms. The standard InChI is InChI=1S/C19H18BrClFN3O2/c1-2-6-26-18-10-16-13(9-17(18)27-7-5-20)19(24-11-23-16)25-12-3-4-15(22)14(21)8-12/h3-4,8-11H,2,5-7H2,1H3,(H,23,24,25). The van der Waals surface area contributed by atoms with E-state index < -0.39 is 5.82 Å². The van der Waals surface area contributed by atoms with Crippen LogP contribution in [0.5, 0.6) is 11.5 Å². The Labute approximate surface area is 170 Å². The number of ether oxygens (including phenoxy) is 2. The van der Waals surface area contributed by atoms with Gasteiger partial charge >= 0.3 is 0 Å². The predicted molar refractivity (Wildman–Crippen MR) is 109 cm³/mol. The van der Waals surface area contributed by atoms with Crippen LogP contribution in [-0.4, -0.2) is 28.5 Å². The van der Waals surface area contributed by atoms with Gasteiger partial charge in [-0.15, -0.1) is 0 Å². The van der Waals surface area contributed by atoms with Gasteiger partial charge in [0.15, 0.2) is 11.5 Å². The average Bonchev–Trinajstić information content (AvgIpc) is 2.67. The quantitative estimate of drug-likeness (QED) is 0.441. The molecule has 0 atom stereocenters. The van der Waals surface area contributed by atoms with Crippen LogP contribution in [0.3, 0.4) is 0 Å². The molecule has 1 heterocycles. The normalized spacial score (nSPS) is 10.8. The number of nitrogens with one attached hydrogen (secondary N) is 1. The molecule has 3 aromatic rings. The van der Waals surface area contributed by atoms with E-state index in [2.05, 4.69) is 31.2 Å². The predicted octanol–water partition coefficient (Wildman–Crippen LogP) is 5.73. The van der Waals surface area contributed by atoms with Gasteiger partial charge in [0.1, 0.15) is 18.0 Å². The average molecular weight is 455 g/mol. The lowest BCUT2D eigenvalue weighted by Crippen LogP contribution is -2.04. The van der Waals surface area contributed by atoms with E-state index in [0.717, 1.165) is 11.8 Å². The zero-order valence-corrected chi connectivity index (χ0v) is 17.0. The second-order valence-electron chi connectivity index (χ2n) is 5.68. The molecule has 0 aliphatic carbocycles. The van der Waals surface area contributed by atoms with Gasteiger partial charge in [0, 0.05) is 22.5 Å². The third kappa shape index (κ3) is 4.78. The van der Waals surface area contributed by atoms with Crippen LogP contribution in [0.4, 0.5) is 15.9 Å². The van der Waals surface area contributed by atoms with Crippen LogP contribution in [0.2, 0.25) is 5.02 Å². The Morgan fingerprint density at radius 3 is 2.63 bits per heavy atom. The lowest BCUT2D eigenvalue weighted by Gasteiger charge is -2.15. The number of hydrogen-bond acceptors (Lipinski definition) is 5. The van der Waals surface area contributed by atoms with Gasteiger partial charge in [0.05, 0.1) is 23.8 Å². The summed E-state index contributed by atoms with van der Waals surface area (Å²) in [6, 6.07) is 8.08. The van der Waals surface area contributed by atoms with Crippen LogP contribution in [0.25, 0.3) is 10.9 Å². The van der Waals surface area contributed by atoms with Crippen molar-refractivity contribution in [2.45, 2.75) is 13.3 Å². The van der Waals surface area contributed by atoms with Crippen molar-refractivity contribution in [3.63, 3.8) is 0 Å². The smallest absolute Gasteiger partial charge is 0.163 e. The van der Waals surface area contributed by atoms with Crippen LogP contribution in [0.1, 0.15) is 13.3 Å². The molecule has 0 saturated heterocycles. The Bertz CT molecular complexity index is 942. The van der Waals surface area contributed by atoms with Crippen LogP contribution in [0, 0.1) is 5.82 Å². The molecule has 3 rings (SSSR count). The molecule has 2 aromatic carbocycles. The van der Waals surface area contributed by atoms with Crippen molar-refractivity contribution in [1.82, 2.24) is 9.97 Å². The summed E-state index contributed by atoms with van der Waals surface area (Å²) in [5, 5.41) is 4.64. The number of anilines is 2. The number of benzene rings is 2. The summed E-state index contributed by atoms with van der Waals surface area (Å²) in [6.45, 7) is 3.12. The highest BCUT2D eigenvalue weighted by Gasteiger charge is 2.13. The lowest BCUT2D eigenvalue weighted by molar-refractivity contribution is 0.279. The van der Waals surface area contributed by atoms with Crippen molar-refractivity contribution in [3.8, 4) is 11.5 Å². The molecule has 8 heteroatoms. The number of nitrogens with zero attached hydrogens (tertiary/aromatic N) is 2. The molecule has 0 fully saturated rings. The summed E-state index contributed by atoms with van der Waals surface area (Å²) in [6.07, 6.45) is 2.34. The first-order valence-electron chi connectivity index (χ1n) is 8.44. The van der Waals surface area contributed by atoms with Crippen molar-refractivity contribution < 1.29 is 13.9 Å². The van der Waals surface area contributed by atoms with E-state index in [1.165, 1.54) is 18.5 Å². The van der Waals surface area contributed by atoms with Gasteiger partial charge in [0.2, 0.25) is 0 Å². The third-order valence-electron chi connectivity index (χ3n) is 3.68. The fraction of sp³-hybridized carbons (Fsp3) is 0.263. The summed E-state index contributed by atoms with van der Waals surface area (Å²) >= 11 is 9.22. The molecular formula is C19H18BrClFN3O2. The highest BCUT2D eigenvalue weighted by molar-refractivity contribution is 9.09. The molecule has 27 heavy (non-hydrogen) atoms. The maximum Gasteiger partial charge on any atom is 0.163 e. The van der Waals surface area contributed by atoms with Crippen molar-refractivity contribution in [2.75, 3.05) is 23.9 Å². The molecule has 1 aromatic heterocycles. The summed E-state index contributed by atoms with van der Waals surface area (Å²) < 4.78 is 25.0. The van der Waals surface area contributed by atoms with Gasteiger partial charge in [-0.1, -0.05) is 34.5 Å². The van der Waals surface area contributed by atoms with E-state index in [1.54, 1.807) is 6.07 Å². The Morgan fingerprint density at radius 2 is 1.89 bits per heavy atom. The number of aromatic nitrogens is 2. The Balaban J connectivity index is 2.01. The minimum Gasteiger partial charge on any atom is -0.490 e. The summed E-state index contributed by atoms with van der Waals surface area (Å²) in [5.74, 6) is 1.34. The zero-order chi connectivity index (χ0) is 19.2. The maximum atomic E-state index is 13.4. The number of rotatable bonds is 8. The fourth-order valence-corrected chi connectivity index (χ4v) is 2.80. The molecule has 5 nitrogen and oxygen atoms in total. The zero-order valence-electron chi connectivity index (χ0n) is 14.6. The molecule has 0 spiro atoms. The van der Waals surface area contributed by atoms with Crippen LogP contribution in [0.15, 0.2) is 36.7 Å². The van der Waals surface area contributed by atoms with Crippen molar-refractivity contribution in [2.24, 2.45) is 0 Å². The maximum absolute atomic E-state index is 13.4. The van der Waals surface area contributed by atoms with Gasteiger partial charge < -0.3 is 14.8 Å². The van der Waals surface area contributed by atoms with E-state index in [1.807, 2.05) is 19.1 Å². The highest BCUT2D eigenvalue weighted by Crippen LogP contribution is 2.35. The summed E-state index contributed by atoms with van der Waals surface area (Å²) in [4.78, 5) is 8.63. The van der Waals surface area contributed by atoms with Gasteiger partial charge in [-0.2, -0.15) is 0 Å². The van der Waals surface area contributed by atoms with Crippen LogP contribution < -0.4 is 14.8 Å². The third-order valence-corrected chi connectivity index (χ3v) is 4.29. The number of fused-ring (bicyclic) bond motifs is 1. The van der Waals surface area contributed by atoms with Crippen molar-refractivity contribution in [1.29, 1.82) is 0 Å². The van der Waals surface area contributed by atoms with Gasteiger partial charge in [-0.25, -0.2) is 14.4 Å². The van der Waals surface area contributed by atoms with E-state index in [0.29, 0.717) is 47.1 Å². The highest BCUT2D eigenvalue weighted by atomic mass is 79.9. The first-order chi connectivity index (χ1) is 13.1. The van der Waals surface area contributed by atoms with Gasteiger partial charge in [-0.05, 0) is 30.7 Å². The molecule has 0 amide bonds. The lowest BCUT2D eigenvalue weighted by atomic mass is 10.2. The van der Waals surface area contributed by atoms with Crippen molar-refractivity contribution in [3.05, 3.63) is 47.5 Å². The van der Waals surface area contributed by atoms with Crippen molar-refractivity contribution >= 4 is 49.9 Å². The molecule has 0 aliphatic heterocycles. The van der Waals surface area contributed by atoms with Gasteiger partial charge in [-0.3, -0.25) is 0 Å². The molecular weight excluding hydrogens is 437 g/mol. The monoisotopic (exact) mass is 453 g/mol. The molecule has 142 valence electrons. The van der Waals surface area contributed by atoms with E-state index in [9.17, 15) is 4.39 Å². The van der Waals surface area contributed by atoms with Crippen LogP contribution >= 0.6 is 27.5 Å². The van der Waals surface area contributed by atoms with E-state index >= 15 is 0 Å². The minimum atomic E-state index is -0.474. The Morgan fingerprint density at radius 1 is 1.11 bits per heavy atom. The molecule has 0 aliphatic rings. The minimum absolute atomic E-state index is 0.0370. The van der Waals surface area contributed by atoms with Crippen LogP contribution in [-0.2, 0) is 0 Å². The molecule has 0 unspecified atom stereocenters. The number of hydrogen-bond donors (Lipinski definition) is 1. The molecule has 0 saturated carbocycles. The second kappa shape index (κ2) is 9.19. The molecule has 1 N–H and O–H groups in total. The van der Waals surface area contributed by atoms with E-state index in [4.69, 9.17) is 21.1 Å². The van der Waals surface area contributed by atoms with E-state index in [-0.39, 0.29) is 5.02 Å². The van der Waals surface area contributed by atoms with Gasteiger partial charge in [0.25, 0.3) is 0 Å². The summed E-state index contributed by atoms with van der Waals surface area (Å²) in [7, 11) is 0. The number of alkyl halides is 1.